The topological polar surface area (TPSA) is 55.8 Å². The second kappa shape index (κ2) is 4.67. The summed E-state index contributed by atoms with van der Waals surface area (Å²) in [5.41, 5.74) is 1.98. The molecule has 3 rings (SSSR count). The maximum absolute atomic E-state index is 11.9. The molecule has 0 aromatic heterocycles. The number of ether oxygens (including phenoxy) is 2. The molecule has 1 aliphatic heterocycles. The third-order valence-corrected chi connectivity index (χ3v) is 3.85. The van der Waals surface area contributed by atoms with Crippen molar-refractivity contribution >= 4 is 11.8 Å². The van der Waals surface area contributed by atoms with E-state index in [9.17, 15) is 9.59 Å². The van der Waals surface area contributed by atoms with Crippen molar-refractivity contribution in [2.24, 2.45) is 0 Å². The second-order valence-corrected chi connectivity index (χ2v) is 4.81. The summed E-state index contributed by atoms with van der Waals surface area (Å²) in [6.07, 6.45) is 4.16. The molecule has 1 aliphatic carbocycles. The molecular weight excluding hydrogens is 258 g/mol. The van der Waals surface area contributed by atoms with Crippen LogP contribution in [0.15, 0.2) is 24.3 Å². The van der Waals surface area contributed by atoms with Crippen LogP contribution < -0.4 is 9.47 Å². The Hall–Kier alpha value is -2.30. The lowest BCUT2D eigenvalue weighted by molar-refractivity contribution is -0.139. The van der Waals surface area contributed by atoms with Gasteiger partial charge in [-0.2, -0.15) is 0 Å². The first-order valence-electron chi connectivity index (χ1n) is 6.46. The van der Waals surface area contributed by atoms with Gasteiger partial charge in [-0.25, -0.2) is 0 Å². The number of imide groups is 1. The van der Waals surface area contributed by atoms with Gasteiger partial charge >= 0.3 is 0 Å². The summed E-state index contributed by atoms with van der Waals surface area (Å²) in [5, 5.41) is 0. The Bertz CT molecular complexity index is 603. The van der Waals surface area contributed by atoms with E-state index < -0.39 is 0 Å². The molecule has 0 saturated heterocycles. The van der Waals surface area contributed by atoms with Crippen LogP contribution in [-0.2, 0) is 16.0 Å². The molecule has 0 N–H and O–H groups in total. The number of amides is 2. The molecule has 1 heterocycles. The van der Waals surface area contributed by atoms with Gasteiger partial charge in [0.05, 0.1) is 20.3 Å². The fraction of sp³-hybridized carbons (Fsp3) is 0.333. The van der Waals surface area contributed by atoms with E-state index in [0.717, 1.165) is 24.0 Å². The Morgan fingerprint density at radius 2 is 1.80 bits per heavy atom. The number of carbonyl (C=O) groups excluding carboxylic acids is 2. The van der Waals surface area contributed by atoms with Crippen LogP contribution >= 0.6 is 0 Å². The molecule has 20 heavy (non-hydrogen) atoms. The van der Waals surface area contributed by atoms with Crippen LogP contribution in [0, 0.1) is 0 Å². The predicted octanol–water partition coefficient (Wildman–Crippen LogP) is 1.62. The monoisotopic (exact) mass is 273 g/mol. The predicted molar refractivity (Wildman–Crippen MR) is 71.6 cm³/mol. The first-order valence-corrected chi connectivity index (χ1v) is 6.46. The molecule has 1 atom stereocenters. The SMILES string of the molecule is COc1ccc2c(c1OC)[C@@H](N1C(=O)C=CC1=O)CC2. The highest BCUT2D eigenvalue weighted by Crippen LogP contribution is 2.46. The average molecular weight is 273 g/mol. The Morgan fingerprint density at radius 3 is 2.40 bits per heavy atom. The van der Waals surface area contributed by atoms with Crippen molar-refractivity contribution in [1.29, 1.82) is 0 Å². The summed E-state index contributed by atoms with van der Waals surface area (Å²) in [4.78, 5) is 25.1. The van der Waals surface area contributed by atoms with E-state index in [4.69, 9.17) is 9.47 Å². The molecule has 0 unspecified atom stereocenters. The van der Waals surface area contributed by atoms with E-state index >= 15 is 0 Å². The van der Waals surface area contributed by atoms with Gasteiger partial charge in [0.15, 0.2) is 11.5 Å². The normalized spacial score (nSPS) is 20.5. The summed E-state index contributed by atoms with van der Waals surface area (Å²) in [6, 6.07) is 3.55. The number of nitrogens with zero attached hydrogens (tertiary/aromatic N) is 1. The minimum Gasteiger partial charge on any atom is -0.493 e. The molecule has 5 heteroatoms. The lowest BCUT2D eigenvalue weighted by atomic mass is 10.0. The van der Waals surface area contributed by atoms with Crippen LogP contribution in [0.2, 0.25) is 0 Å². The van der Waals surface area contributed by atoms with Gasteiger partial charge in [-0.15, -0.1) is 0 Å². The third-order valence-electron chi connectivity index (χ3n) is 3.85. The zero-order valence-electron chi connectivity index (χ0n) is 11.4. The third kappa shape index (κ3) is 1.70. The molecule has 0 radical (unpaired) electrons. The number of hydrogen-bond donors (Lipinski definition) is 0. The van der Waals surface area contributed by atoms with Crippen LogP contribution in [0.25, 0.3) is 0 Å². The molecule has 0 bridgehead atoms. The zero-order chi connectivity index (χ0) is 14.3. The minimum atomic E-state index is -0.273. The molecular formula is C15H15NO4. The molecule has 104 valence electrons. The number of aryl methyl sites for hydroxylation is 1. The van der Waals surface area contributed by atoms with E-state index in [0.29, 0.717) is 11.5 Å². The van der Waals surface area contributed by atoms with Gasteiger partial charge < -0.3 is 9.47 Å². The maximum Gasteiger partial charge on any atom is 0.254 e. The maximum atomic E-state index is 11.9. The number of rotatable bonds is 3. The summed E-state index contributed by atoms with van der Waals surface area (Å²) in [7, 11) is 3.14. The summed E-state index contributed by atoms with van der Waals surface area (Å²) in [6.45, 7) is 0. The van der Waals surface area contributed by atoms with E-state index in [1.165, 1.54) is 17.1 Å². The van der Waals surface area contributed by atoms with Gasteiger partial charge in [-0.05, 0) is 24.5 Å². The molecule has 0 saturated carbocycles. The fourth-order valence-electron chi connectivity index (χ4n) is 2.99. The van der Waals surface area contributed by atoms with Crippen LogP contribution in [0.1, 0.15) is 23.6 Å². The summed E-state index contributed by atoms with van der Waals surface area (Å²) < 4.78 is 10.7. The molecule has 5 nitrogen and oxygen atoms in total. The number of hydrogen-bond acceptors (Lipinski definition) is 4. The second-order valence-electron chi connectivity index (χ2n) is 4.81. The fourth-order valence-corrected chi connectivity index (χ4v) is 2.99. The highest BCUT2D eigenvalue weighted by atomic mass is 16.5. The Kier molecular flexibility index (Phi) is 2.97. The van der Waals surface area contributed by atoms with E-state index in [1.807, 2.05) is 12.1 Å². The molecule has 1 aromatic rings. The lowest BCUT2D eigenvalue weighted by Crippen LogP contribution is -2.33. The Balaban J connectivity index is 2.09. The number of benzene rings is 1. The van der Waals surface area contributed by atoms with Gasteiger partial charge in [0.1, 0.15) is 0 Å². The van der Waals surface area contributed by atoms with Crippen molar-refractivity contribution in [3.63, 3.8) is 0 Å². The van der Waals surface area contributed by atoms with Crippen molar-refractivity contribution in [2.45, 2.75) is 18.9 Å². The van der Waals surface area contributed by atoms with E-state index in [1.54, 1.807) is 14.2 Å². The number of carbonyl (C=O) groups is 2. The molecule has 0 spiro atoms. The van der Waals surface area contributed by atoms with E-state index in [-0.39, 0.29) is 17.9 Å². The number of methoxy groups -OCH3 is 2. The highest BCUT2D eigenvalue weighted by Gasteiger charge is 2.38. The summed E-state index contributed by atoms with van der Waals surface area (Å²) >= 11 is 0. The van der Waals surface area contributed by atoms with Gasteiger partial charge in [0.2, 0.25) is 0 Å². The Morgan fingerprint density at radius 1 is 1.10 bits per heavy atom. The molecule has 2 amide bonds. The van der Waals surface area contributed by atoms with Crippen molar-refractivity contribution < 1.29 is 19.1 Å². The molecule has 0 fully saturated rings. The molecule has 1 aromatic carbocycles. The van der Waals surface area contributed by atoms with Crippen LogP contribution in [0.5, 0.6) is 11.5 Å². The quantitative estimate of drug-likeness (QED) is 0.785. The van der Waals surface area contributed by atoms with Gasteiger partial charge in [0.25, 0.3) is 11.8 Å². The molecule has 2 aliphatic rings. The highest BCUT2D eigenvalue weighted by molar-refractivity contribution is 6.13. The van der Waals surface area contributed by atoms with Crippen LogP contribution in [-0.4, -0.2) is 30.9 Å². The minimum absolute atomic E-state index is 0.266. The Labute approximate surface area is 116 Å². The van der Waals surface area contributed by atoms with Gasteiger partial charge in [-0.1, -0.05) is 6.07 Å². The van der Waals surface area contributed by atoms with E-state index in [2.05, 4.69) is 0 Å². The van der Waals surface area contributed by atoms with Crippen molar-refractivity contribution in [3.8, 4) is 11.5 Å². The average Bonchev–Trinajstić information content (AvgIpc) is 3.01. The lowest BCUT2D eigenvalue weighted by Gasteiger charge is -2.24. The van der Waals surface area contributed by atoms with Gasteiger partial charge in [0, 0.05) is 17.7 Å². The standard InChI is InChI=1S/C15H15NO4/c1-19-11-6-4-9-3-5-10(14(9)15(11)20-2)16-12(17)7-8-13(16)18/h4,6-8,10H,3,5H2,1-2H3/t10-/m0/s1. The first-order chi connectivity index (χ1) is 9.67. The van der Waals surface area contributed by atoms with Gasteiger partial charge in [-0.3, -0.25) is 14.5 Å². The largest absolute Gasteiger partial charge is 0.493 e. The van der Waals surface area contributed by atoms with Crippen molar-refractivity contribution in [1.82, 2.24) is 4.90 Å². The van der Waals surface area contributed by atoms with Crippen molar-refractivity contribution in [3.05, 3.63) is 35.4 Å². The smallest absolute Gasteiger partial charge is 0.254 e. The van der Waals surface area contributed by atoms with Crippen LogP contribution in [0.3, 0.4) is 0 Å². The van der Waals surface area contributed by atoms with Crippen molar-refractivity contribution in [2.75, 3.05) is 14.2 Å². The summed E-state index contributed by atoms with van der Waals surface area (Å²) in [5.74, 6) is 0.695. The zero-order valence-corrected chi connectivity index (χ0v) is 11.4. The first kappa shape index (κ1) is 12.7. The van der Waals surface area contributed by atoms with Crippen LogP contribution in [0.4, 0.5) is 0 Å². The number of fused-ring (bicyclic) bond motifs is 1.